The van der Waals surface area contributed by atoms with Gasteiger partial charge in [-0.15, -0.1) is 11.3 Å². The third-order valence-electron chi connectivity index (χ3n) is 3.58. The molecule has 3 rings (SSSR count). The van der Waals surface area contributed by atoms with Gasteiger partial charge in [0.1, 0.15) is 10.6 Å². The standard InChI is InChI=1S/C14H21N5OS/c1-2-10-9-11-12(16-5-8-20)17-14(18-13(11)21-10)19-6-3-15-4-7-19/h9,15,20H,2-8H2,1H3,(H,16,17,18). The summed E-state index contributed by atoms with van der Waals surface area (Å²) in [5.74, 6) is 1.62. The number of fused-ring (bicyclic) bond motifs is 1. The van der Waals surface area contributed by atoms with Crippen molar-refractivity contribution in [3.8, 4) is 0 Å². The van der Waals surface area contributed by atoms with E-state index in [9.17, 15) is 0 Å². The molecule has 0 spiro atoms. The monoisotopic (exact) mass is 307 g/mol. The molecule has 1 saturated heterocycles. The van der Waals surface area contributed by atoms with Crippen molar-refractivity contribution in [3.63, 3.8) is 0 Å². The second-order valence-corrected chi connectivity index (χ2v) is 6.16. The molecule has 0 aliphatic carbocycles. The van der Waals surface area contributed by atoms with Gasteiger partial charge in [-0.1, -0.05) is 6.92 Å². The second kappa shape index (κ2) is 6.55. The fourth-order valence-corrected chi connectivity index (χ4v) is 3.41. The average molecular weight is 307 g/mol. The van der Waals surface area contributed by atoms with Gasteiger partial charge in [0.25, 0.3) is 0 Å². The second-order valence-electron chi connectivity index (χ2n) is 5.04. The van der Waals surface area contributed by atoms with E-state index < -0.39 is 0 Å². The molecule has 0 saturated carbocycles. The van der Waals surface area contributed by atoms with Gasteiger partial charge in [-0.25, -0.2) is 4.98 Å². The van der Waals surface area contributed by atoms with Crippen LogP contribution >= 0.6 is 11.3 Å². The predicted octanol–water partition coefficient (Wildman–Crippen LogP) is 1.07. The van der Waals surface area contributed by atoms with Gasteiger partial charge in [0, 0.05) is 37.6 Å². The molecule has 2 aromatic heterocycles. The highest BCUT2D eigenvalue weighted by Gasteiger charge is 2.17. The third kappa shape index (κ3) is 3.09. The van der Waals surface area contributed by atoms with E-state index in [0.29, 0.717) is 6.54 Å². The van der Waals surface area contributed by atoms with Crippen molar-refractivity contribution in [2.45, 2.75) is 13.3 Å². The van der Waals surface area contributed by atoms with E-state index in [1.54, 1.807) is 11.3 Å². The van der Waals surface area contributed by atoms with Crippen molar-refractivity contribution >= 4 is 33.3 Å². The number of rotatable bonds is 5. The highest BCUT2D eigenvalue weighted by molar-refractivity contribution is 7.18. The number of aliphatic hydroxyl groups excluding tert-OH is 1. The number of aliphatic hydroxyl groups is 1. The lowest BCUT2D eigenvalue weighted by Gasteiger charge is -2.27. The Labute approximate surface area is 128 Å². The Balaban J connectivity index is 2.00. The SMILES string of the molecule is CCc1cc2c(NCCO)nc(N3CCNCC3)nc2s1. The van der Waals surface area contributed by atoms with E-state index >= 15 is 0 Å². The molecule has 0 atom stereocenters. The molecule has 3 heterocycles. The van der Waals surface area contributed by atoms with Crippen LogP contribution in [0.5, 0.6) is 0 Å². The summed E-state index contributed by atoms with van der Waals surface area (Å²) in [6.45, 7) is 6.53. The first-order valence-corrected chi connectivity index (χ1v) is 8.24. The summed E-state index contributed by atoms with van der Waals surface area (Å²) in [5, 5.41) is 16.7. The fourth-order valence-electron chi connectivity index (χ4n) is 2.45. The van der Waals surface area contributed by atoms with E-state index in [4.69, 9.17) is 10.1 Å². The minimum Gasteiger partial charge on any atom is -0.395 e. The summed E-state index contributed by atoms with van der Waals surface area (Å²) in [7, 11) is 0. The normalized spacial score (nSPS) is 15.6. The van der Waals surface area contributed by atoms with Crippen molar-refractivity contribution in [3.05, 3.63) is 10.9 Å². The van der Waals surface area contributed by atoms with E-state index in [0.717, 1.165) is 54.6 Å². The summed E-state index contributed by atoms with van der Waals surface area (Å²) in [5.41, 5.74) is 0. The van der Waals surface area contributed by atoms with Gasteiger partial charge in [0.2, 0.25) is 5.95 Å². The summed E-state index contributed by atoms with van der Waals surface area (Å²) in [6.07, 6.45) is 1.00. The van der Waals surface area contributed by atoms with Crippen molar-refractivity contribution in [2.75, 3.05) is 49.5 Å². The molecule has 0 radical (unpaired) electrons. The number of aryl methyl sites for hydroxylation is 1. The summed E-state index contributed by atoms with van der Waals surface area (Å²) in [4.78, 5) is 14.0. The molecule has 6 nitrogen and oxygen atoms in total. The number of nitrogens with zero attached hydrogens (tertiary/aromatic N) is 3. The Morgan fingerprint density at radius 3 is 2.90 bits per heavy atom. The van der Waals surface area contributed by atoms with Crippen molar-refractivity contribution in [2.24, 2.45) is 0 Å². The third-order valence-corrected chi connectivity index (χ3v) is 4.76. The van der Waals surface area contributed by atoms with Crippen LogP contribution in [-0.4, -0.2) is 54.4 Å². The molecular formula is C14H21N5OS. The van der Waals surface area contributed by atoms with Gasteiger partial charge >= 0.3 is 0 Å². The summed E-state index contributed by atoms with van der Waals surface area (Å²) in [6, 6.07) is 2.15. The molecule has 21 heavy (non-hydrogen) atoms. The molecule has 0 unspecified atom stereocenters. The van der Waals surface area contributed by atoms with Crippen LogP contribution < -0.4 is 15.5 Å². The summed E-state index contributed by atoms with van der Waals surface area (Å²) < 4.78 is 0. The van der Waals surface area contributed by atoms with Crippen LogP contribution in [0.3, 0.4) is 0 Å². The molecule has 1 aliphatic heterocycles. The minimum atomic E-state index is 0.0965. The lowest BCUT2D eigenvalue weighted by molar-refractivity contribution is 0.311. The molecular weight excluding hydrogens is 286 g/mol. The van der Waals surface area contributed by atoms with Gasteiger partial charge in [-0.3, -0.25) is 0 Å². The zero-order valence-corrected chi connectivity index (χ0v) is 13.0. The topological polar surface area (TPSA) is 73.3 Å². The molecule has 7 heteroatoms. The van der Waals surface area contributed by atoms with Gasteiger partial charge in [0.05, 0.1) is 12.0 Å². The molecule has 3 N–H and O–H groups in total. The Bertz CT molecular complexity index is 609. The molecule has 114 valence electrons. The molecule has 2 aromatic rings. The summed E-state index contributed by atoms with van der Waals surface area (Å²) >= 11 is 1.73. The predicted molar refractivity (Wildman–Crippen MR) is 87.5 cm³/mol. The van der Waals surface area contributed by atoms with Crippen molar-refractivity contribution in [1.29, 1.82) is 0 Å². The molecule has 0 bridgehead atoms. The Morgan fingerprint density at radius 1 is 1.38 bits per heavy atom. The van der Waals surface area contributed by atoms with Crippen LogP contribution in [0, 0.1) is 0 Å². The highest BCUT2D eigenvalue weighted by Crippen LogP contribution is 2.31. The van der Waals surface area contributed by atoms with Gasteiger partial charge in [0.15, 0.2) is 0 Å². The van der Waals surface area contributed by atoms with Crippen LogP contribution in [0.1, 0.15) is 11.8 Å². The number of aromatic nitrogens is 2. The number of piperazine rings is 1. The highest BCUT2D eigenvalue weighted by atomic mass is 32.1. The maximum absolute atomic E-state index is 9.05. The van der Waals surface area contributed by atoms with Gasteiger partial charge < -0.3 is 20.6 Å². The quantitative estimate of drug-likeness (QED) is 0.767. The number of hydrogen-bond donors (Lipinski definition) is 3. The van der Waals surface area contributed by atoms with Gasteiger partial charge in [-0.2, -0.15) is 4.98 Å². The van der Waals surface area contributed by atoms with E-state index in [1.807, 2.05) is 0 Å². The van der Waals surface area contributed by atoms with Crippen molar-refractivity contribution < 1.29 is 5.11 Å². The Hall–Kier alpha value is -1.44. The lowest BCUT2D eigenvalue weighted by atomic mass is 10.3. The number of nitrogens with one attached hydrogen (secondary N) is 2. The minimum absolute atomic E-state index is 0.0965. The first-order chi connectivity index (χ1) is 10.3. The van der Waals surface area contributed by atoms with Crippen LogP contribution in [0.15, 0.2) is 6.07 Å². The number of hydrogen-bond acceptors (Lipinski definition) is 7. The molecule has 0 amide bonds. The molecule has 1 fully saturated rings. The molecule has 1 aliphatic rings. The number of anilines is 2. The number of thiophene rings is 1. The maximum Gasteiger partial charge on any atom is 0.228 e. The van der Waals surface area contributed by atoms with Crippen LogP contribution in [-0.2, 0) is 6.42 Å². The fraction of sp³-hybridized carbons (Fsp3) is 0.571. The largest absolute Gasteiger partial charge is 0.395 e. The van der Waals surface area contributed by atoms with E-state index in [2.05, 4.69) is 33.5 Å². The zero-order valence-electron chi connectivity index (χ0n) is 12.2. The average Bonchev–Trinajstić information content (AvgIpc) is 2.96. The van der Waals surface area contributed by atoms with Crippen molar-refractivity contribution in [1.82, 2.24) is 15.3 Å². The van der Waals surface area contributed by atoms with E-state index in [-0.39, 0.29) is 6.61 Å². The Kier molecular flexibility index (Phi) is 4.52. The van der Waals surface area contributed by atoms with Gasteiger partial charge in [-0.05, 0) is 12.5 Å². The van der Waals surface area contributed by atoms with Crippen LogP contribution in [0.2, 0.25) is 0 Å². The lowest BCUT2D eigenvalue weighted by Crippen LogP contribution is -2.44. The zero-order chi connectivity index (χ0) is 14.7. The van der Waals surface area contributed by atoms with E-state index in [1.165, 1.54) is 4.88 Å². The maximum atomic E-state index is 9.05. The first kappa shape index (κ1) is 14.5. The van der Waals surface area contributed by atoms with Crippen LogP contribution in [0.4, 0.5) is 11.8 Å². The Morgan fingerprint density at radius 2 is 2.19 bits per heavy atom. The first-order valence-electron chi connectivity index (χ1n) is 7.42. The smallest absolute Gasteiger partial charge is 0.228 e. The molecule has 0 aromatic carbocycles. The van der Waals surface area contributed by atoms with Crippen LogP contribution in [0.25, 0.3) is 10.2 Å².